The van der Waals surface area contributed by atoms with Crippen molar-refractivity contribution in [3.63, 3.8) is 0 Å². The van der Waals surface area contributed by atoms with Gasteiger partial charge in [-0.2, -0.15) is 0 Å². The molecule has 20 heavy (non-hydrogen) atoms. The zero-order valence-corrected chi connectivity index (χ0v) is 11.3. The van der Waals surface area contributed by atoms with Crippen LogP contribution in [0, 0.1) is 30.6 Å². The van der Waals surface area contributed by atoms with Crippen molar-refractivity contribution >= 4 is 17.6 Å². The SMILES string of the molecule is Cc1ccc(NC(=O)[C@@H]2[C@@H]3C[C@@H]4[C@H]2C(=O)O[C@H]4C3)cc1. The minimum atomic E-state index is -0.204. The van der Waals surface area contributed by atoms with Gasteiger partial charge in [0.2, 0.25) is 5.91 Å². The van der Waals surface area contributed by atoms with Gasteiger partial charge >= 0.3 is 5.97 Å². The Hall–Kier alpha value is -1.84. The molecule has 3 aliphatic rings. The number of esters is 1. The molecule has 104 valence electrons. The van der Waals surface area contributed by atoms with E-state index >= 15 is 0 Å². The molecule has 1 aliphatic heterocycles. The predicted octanol–water partition coefficient (Wildman–Crippen LogP) is 2.13. The molecule has 4 nitrogen and oxygen atoms in total. The van der Waals surface area contributed by atoms with Gasteiger partial charge in [0.1, 0.15) is 6.10 Å². The normalized spacial score (nSPS) is 37.0. The number of hydrogen-bond acceptors (Lipinski definition) is 3. The zero-order valence-electron chi connectivity index (χ0n) is 11.3. The van der Waals surface area contributed by atoms with Crippen molar-refractivity contribution in [3.05, 3.63) is 29.8 Å². The van der Waals surface area contributed by atoms with Crippen molar-refractivity contribution in [3.8, 4) is 0 Å². The van der Waals surface area contributed by atoms with Crippen LogP contribution in [-0.4, -0.2) is 18.0 Å². The summed E-state index contributed by atoms with van der Waals surface area (Å²) in [5.74, 6) is -0.00220. The fourth-order valence-electron chi connectivity index (χ4n) is 4.23. The molecule has 2 aliphatic carbocycles. The molecule has 1 saturated heterocycles. The lowest BCUT2D eigenvalue weighted by Gasteiger charge is -2.23. The minimum absolute atomic E-state index is 0.0244. The molecule has 4 heteroatoms. The van der Waals surface area contributed by atoms with Gasteiger partial charge in [0.05, 0.1) is 11.8 Å². The average Bonchev–Trinajstić information content (AvgIpc) is 3.02. The first kappa shape index (κ1) is 11.9. The maximum Gasteiger partial charge on any atom is 0.310 e. The minimum Gasteiger partial charge on any atom is -0.462 e. The van der Waals surface area contributed by atoms with Crippen LogP contribution in [0.3, 0.4) is 0 Å². The highest BCUT2D eigenvalue weighted by Crippen LogP contribution is 2.57. The van der Waals surface area contributed by atoms with E-state index in [1.807, 2.05) is 31.2 Å². The number of fused-ring (bicyclic) bond motifs is 1. The monoisotopic (exact) mass is 271 g/mol. The summed E-state index contributed by atoms with van der Waals surface area (Å²) in [6.45, 7) is 2.01. The summed E-state index contributed by atoms with van der Waals surface area (Å²) >= 11 is 0. The second-order valence-electron chi connectivity index (χ2n) is 6.28. The quantitative estimate of drug-likeness (QED) is 0.838. The van der Waals surface area contributed by atoms with Crippen LogP contribution in [0.5, 0.6) is 0 Å². The van der Waals surface area contributed by atoms with Gasteiger partial charge in [0.15, 0.2) is 0 Å². The molecule has 5 atom stereocenters. The van der Waals surface area contributed by atoms with E-state index in [9.17, 15) is 9.59 Å². The summed E-state index contributed by atoms with van der Waals surface area (Å²) in [6.07, 6.45) is 1.91. The number of ether oxygens (including phenoxy) is 1. The molecule has 1 aromatic rings. The van der Waals surface area contributed by atoms with Crippen LogP contribution in [0.1, 0.15) is 18.4 Å². The Labute approximate surface area is 117 Å². The maximum absolute atomic E-state index is 12.5. The number of carbonyl (C=O) groups is 2. The molecule has 0 spiro atoms. The largest absolute Gasteiger partial charge is 0.462 e. The van der Waals surface area contributed by atoms with Crippen molar-refractivity contribution in [2.24, 2.45) is 23.7 Å². The van der Waals surface area contributed by atoms with Gasteiger partial charge < -0.3 is 10.1 Å². The number of aryl methyl sites for hydroxylation is 1. The highest BCUT2D eigenvalue weighted by Gasteiger charge is 2.63. The highest BCUT2D eigenvalue weighted by atomic mass is 16.6. The van der Waals surface area contributed by atoms with E-state index in [1.165, 1.54) is 0 Å². The van der Waals surface area contributed by atoms with Crippen LogP contribution < -0.4 is 5.32 Å². The van der Waals surface area contributed by atoms with E-state index in [4.69, 9.17) is 4.74 Å². The zero-order chi connectivity index (χ0) is 13.9. The van der Waals surface area contributed by atoms with Gasteiger partial charge in [0.25, 0.3) is 0 Å². The summed E-state index contributed by atoms with van der Waals surface area (Å²) in [5, 5.41) is 2.95. The number of amides is 1. The number of anilines is 1. The molecule has 1 N–H and O–H groups in total. The third-order valence-electron chi connectivity index (χ3n) is 5.11. The Kier molecular flexibility index (Phi) is 2.43. The highest BCUT2D eigenvalue weighted by molar-refractivity contribution is 5.96. The van der Waals surface area contributed by atoms with Crippen LogP contribution in [-0.2, 0) is 14.3 Å². The molecule has 1 aromatic carbocycles. The first-order valence-electron chi connectivity index (χ1n) is 7.21. The van der Waals surface area contributed by atoms with Gasteiger partial charge in [0, 0.05) is 11.6 Å². The third-order valence-corrected chi connectivity index (χ3v) is 5.11. The van der Waals surface area contributed by atoms with Gasteiger partial charge in [-0.05, 0) is 37.8 Å². The second-order valence-corrected chi connectivity index (χ2v) is 6.28. The maximum atomic E-state index is 12.5. The third kappa shape index (κ3) is 1.60. The van der Waals surface area contributed by atoms with Crippen LogP contribution in [0.15, 0.2) is 24.3 Å². The van der Waals surface area contributed by atoms with Crippen LogP contribution in [0.25, 0.3) is 0 Å². The summed E-state index contributed by atoms with van der Waals surface area (Å²) in [5.41, 5.74) is 1.96. The predicted molar refractivity (Wildman–Crippen MR) is 72.9 cm³/mol. The van der Waals surface area contributed by atoms with Gasteiger partial charge in [-0.25, -0.2) is 0 Å². The molecule has 3 fully saturated rings. The van der Waals surface area contributed by atoms with Crippen LogP contribution in [0.4, 0.5) is 5.69 Å². The van der Waals surface area contributed by atoms with Crippen LogP contribution in [0.2, 0.25) is 0 Å². The second kappa shape index (κ2) is 4.08. The van der Waals surface area contributed by atoms with Crippen molar-refractivity contribution in [1.29, 1.82) is 0 Å². The molecule has 0 unspecified atom stereocenters. The van der Waals surface area contributed by atoms with Crippen molar-refractivity contribution in [2.45, 2.75) is 25.9 Å². The number of carbonyl (C=O) groups excluding carboxylic acids is 2. The lowest BCUT2D eigenvalue weighted by molar-refractivity contribution is -0.145. The van der Waals surface area contributed by atoms with Crippen LogP contribution >= 0.6 is 0 Å². The van der Waals surface area contributed by atoms with E-state index in [0.717, 1.165) is 24.1 Å². The fraction of sp³-hybridized carbons (Fsp3) is 0.500. The molecular weight excluding hydrogens is 254 g/mol. The molecule has 1 heterocycles. The molecule has 2 bridgehead atoms. The summed E-state index contributed by atoms with van der Waals surface area (Å²) in [6, 6.07) is 7.74. The van der Waals surface area contributed by atoms with Crippen molar-refractivity contribution in [2.75, 3.05) is 5.32 Å². The fourth-order valence-corrected chi connectivity index (χ4v) is 4.23. The van der Waals surface area contributed by atoms with Gasteiger partial charge in [-0.3, -0.25) is 9.59 Å². The molecule has 0 aromatic heterocycles. The first-order valence-corrected chi connectivity index (χ1v) is 7.21. The van der Waals surface area contributed by atoms with E-state index in [0.29, 0.717) is 5.92 Å². The molecule has 1 amide bonds. The average molecular weight is 271 g/mol. The Morgan fingerprint density at radius 2 is 2.00 bits per heavy atom. The summed E-state index contributed by atoms with van der Waals surface area (Å²) in [4.78, 5) is 24.4. The van der Waals surface area contributed by atoms with E-state index in [2.05, 4.69) is 5.32 Å². The lowest BCUT2D eigenvalue weighted by Crippen LogP contribution is -2.35. The van der Waals surface area contributed by atoms with Crippen molar-refractivity contribution < 1.29 is 14.3 Å². The Morgan fingerprint density at radius 3 is 2.75 bits per heavy atom. The Bertz CT molecular complexity index is 578. The number of nitrogens with one attached hydrogen (secondary N) is 1. The standard InChI is InChI=1S/C16H17NO3/c1-8-2-4-10(5-3-8)17-15(18)13-9-6-11-12(7-9)20-16(19)14(11)13/h2-5,9,11-14H,6-7H2,1H3,(H,17,18)/t9-,11+,12+,13-,14-/m1/s1. The van der Waals surface area contributed by atoms with E-state index in [1.54, 1.807) is 0 Å². The lowest BCUT2D eigenvalue weighted by atomic mass is 9.79. The number of benzene rings is 1. The van der Waals surface area contributed by atoms with E-state index in [-0.39, 0.29) is 35.7 Å². The van der Waals surface area contributed by atoms with E-state index < -0.39 is 0 Å². The number of hydrogen-bond donors (Lipinski definition) is 1. The smallest absolute Gasteiger partial charge is 0.310 e. The van der Waals surface area contributed by atoms with Crippen molar-refractivity contribution in [1.82, 2.24) is 0 Å². The Morgan fingerprint density at radius 1 is 1.25 bits per heavy atom. The molecule has 4 rings (SSSR count). The molecule has 0 radical (unpaired) electrons. The molecule has 2 saturated carbocycles. The van der Waals surface area contributed by atoms with Gasteiger partial charge in [-0.1, -0.05) is 17.7 Å². The summed E-state index contributed by atoms with van der Waals surface area (Å²) in [7, 11) is 0. The first-order chi connectivity index (χ1) is 9.63. The number of rotatable bonds is 2. The van der Waals surface area contributed by atoms with Gasteiger partial charge in [-0.15, -0.1) is 0 Å². The topological polar surface area (TPSA) is 55.4 Å². The summed E-state index contributed by atoms with van der Waals surface area (Å²) < 4.78 is 5.37. The Balaban J connectivity index is 1.54. The molecular formula is C16H17NO3.